The van der Waals surface area contributed by atoms with Crippen LogP contribution in [0.3, 0.4) is 0 Å². The standard InChI is InChI=1S/C19H24ClN3O/c1-12(2)15-9-8-13(3)18(10-15)22-23-19(24)11-21-17-7-5-6-16(20)14(17)4/h5-8,15,21H,1,9-11H2,2-4H3,(H,23,24)/b22-18-. The number of carbonyl (C=O) groups excluding carboxylic acids is 1. The van der Waals surface area contributed by atoms with Gasteiger partial charge in [0, 0.05) is 10.7 Å². The van der Waals surface area contributed by atoms with Crippen LogP contribution in [0.4, 0.5) is 5.69 Å². The fraction of sp³-hybridized carbons (Fsp3) is 0.368. The Hall–Kier alpha value is -2.07. The van der Waals surface area contributed by atoms with E-state index in [2.05, 4.69) is 28.5 Å². The lowest BCUT2D eigenvalue weighted by molar-refractivity contribution is -0.119. The smallest absolute Gasteiger partial charge is 0.259 e. The number of amides is 1. The van der Waals surface area contributed by atoms with Crippen LogP contribution in [0.25, 0.3) is 0 Å². The Morgan fingerprint density at radius 3 is 2.88 bits per heavy atom. The zero-order valence-electron chi connectivity index (χ0n) is 14.4. The summed E-state index contributed by atoms with van der Waals surface area (Å²) in [4.78, 5) is 12.0. The third-order valence-electron chi connectivity index (χ3n) is 4.32. The number of rotatable bonds is 5. The molecule has 4 nitrogen and oxygen atoms in total. The van der Waals surface area contributed by atoms with Crippen LogP contribution in [0.5, 0.6) is 0 Å². The highest BCUT2D eigenvalue weighted by Gasteiger charge is 2.18. The third-order valence-corrected chi connectivity index (χ3v) is 4.73. The maximum absolute atomic E-state index is 12.0. The van der Waals surface area contributed by atoms with Gasteiger partial charge in [0.25, 0.3) is 5.91 Å². The van der Waals surface area contributed by atoms with E-state index in [4.69, 9.17) is 11.6 Å². The Morgan fingerprint density at radius 2 is 2.17 bits per heavy atom. The molecular formula is C19H24ClN3O. The zero-order chi connectivity index (χ0) is 17.7. The van der Waals surface area contributed by atoms with E-state index in [-0.39, 0.29) is 12.5 Å². The van der Waals surface area contributed by atoms with E-state index in [9.17, 15) is 4.79 Å². The van der Waals surface area contributed by atoms with Gasteiger partial charge in [0.1, 0.15) is 0 Å². The van der Waals surface area contributed by atoms with E-state index < -0.39 is 0 Å². The van der Waals surface area contributed by atoms with Crippen molar-refractivity contribution >= 4 is 28.9 Å². The van der Waals surface area contributed by atoms with Crippen LogP contribution < -0.4 is 10.7 Å². The minimum atomic E-state index is -0.188. The normalized spacial score (nSPS) is 18.9. The van der Waals surface area contributed by atoms with Crippen molar-refractivity contribution in [2.24, 2.45) is 11.0 Å². The van der Waals surface area contributed by atoms with E-state index in [0.717, 1.165) is 41.0 Å². The number of allylic oxidation sites excluding steroid dienone is 3. The van der Waals surface area contributed by atoms with Gasteiger partial charge >= 0.3 is 0 Å². The molecule has 128 valence electrons. The van der Waals surface area contributed by atoms with Gasteiger partial charge in [-0.05, 0) is 62.8 Å². The monoisotopic (exact) mass is 345 g/mol. The maximum Gasteiger partial charge on any atom is 0.259 e. The average molecular weight is 346 g/mol. The molecule has 0 saturated heterocycles. The summed E-state index contributed by atoms with van der Waals surface area (Å²) in [7, 11) is 0. The minimum Gasteiger partial charge on any atom is -0.376 e. The van der Waals surface area contributed by atoms with Crippen LogP contribution in [-0.2, 0) is 4.79 Å². The second kappa shape index (κ2) is 8.15. The summed E-state index contributed by atoms with van der Waals surface area (Å²) in [6, 6.07) is 5.57. The molecule has 2 N–H and O–H groups in total. The average Bonchev–Trinajstić information content (AvgIpc) is 2.55. The van der Waals surface area contributed by atoms with Gasteiger partial charge in [0.05, 0.1) is 12.3 Å². The van der Waals surface area contributed by atoms with Crippen LogP contribution in [-0.4, -0.2) is 18.2 Å². The number of hydrazone groups is 1. The highest BCUT2D eigenvalue weighted by Crippen LogP contribution is 2.26. The molecule has 0 bridgehead atoms. The van der Waals surface area contributed by atoms with Gasteiger partial charge in [0.2, 0.25) is 0 Å². The Labute approximate surface area is 148 Å². The molecule has 0 spiro atoms. The summed E-state index contributed by atoms with van der Waals surface area (Å²) in [6.45, 7) is 10.1. The van der Waals surface area contributed by atoms with Crippen LogP contribution in [0, 0.1) is 12.8 Å². The van der Waals surface area contributed by atoms with Crippen LogP contribution in [0.2, 0.25) is 5.02 Å². The van der Waals surface area contributed by atoms with Gasteiger partial charge in [-0.3, -0.25) is 4.79 Å². The van der Waals surface area contributed by atoms with Gasteiger partial charge in [0.15, 0.2) is 0 Å². The van der Waals surface area contributed by atoms with Crippen molar-refractivity contribution in [2.45, 2.75) is 33.6 Å². The molecule has 24 heavy (non-hydrogen) atoms. The predicted molar refractivity (Wildman–Crippen MR) is 102 cm³/mol. The van der Waals surface area contributed by atoms with Gasteiger partial charge in [-0.15, -0.1) is 0 Å². The number of benzene rings is 1. The first-order valence-corrected chi connectivity index (χ1v) is 8.43. The lowest BCUT2D eigenvalue weighted by Gasteiger charge is -2.22. The van der Waals surface area contributed by atoms with Crippen molar-refractivity contribution in [1.82, 2.24) is 5.43 Å². The first-order chi connectivity index (χ1) is 11.4. The largest absolute Gasteiger partial charge is 0.376 e. The Morgan fingerprint density at radius 1 is 1.42 bits per heavy atom. The molecule has 1 aliphatic rings. The number of carbonyl (C=O) groups is 1. The third kappa shape index (κ3) is 4.71. The molecule has 0 fully saturated rings. The molecule has 0 saturated carbocycles. The second-order valence-corrected chi connectivity index (χ2v) is 6.64. The second-order valence-electron chi connectivity index (χ2n) is 6.23. The Balaban J connectivity index is 1.92. The maximum atomic E-state index is 12.0. The molecule has 5 heteroatoms. The van der Waals surface area contributed by atoms with E-state index in [1.807, 2.05) is 39.0 Å². The van der Waals surface area contributed by atoms with Crippen molar-refractivity contribution in [3.8, 4) is 0 Å². The predicted octanol–water partition coefficient (Wildman–Crippen LogP) is 4.46. The van der Waals surface area contributed by atoms with Crippen LogP contribution in [0.1, 0.15) is 32.3 Å². The lowest BCUT2D eigenvalue weighted by Crippen LogP contribution is -2.28. The zero-order valence-corrected chi connectivity index (χ0v) is 15.2. The summed E-state index contributed by atoms with van der Waals surface area (Å²) in [5, 5.41) is 8.05. The first kappa shape index (κ1) is 18.3. The number of nitrogens with zero attached hydrogens (tertiary/aromatic N) is 1. The molecular weight excluding hydrogens is 322 g/mol. The lowest BCUT2D eigenvalue weighted by atomic mass is 9.85. The van der Waals surface area contributed by atoms with Crippen molar-refractivity contribution in [1.29, 1.82) is 0 Å². The Bertz CT molecular complexity index is 707. The number of anilines is 1. The molecule has 1 amide bonds. The summed E-state index contributed by atoms with van der Waals surface area (Å²) < 4.78 is 0. The van der Waals surface area contributed by atoms with E-state index in [0.29, 0.717) is 10.9 Å². The molecule has 1 atom stereocenters. The van der Waals surface area contributed by atoms with Crippen LogP contribution in [0.15, 0.2) is 47.1 Å². The molecule has 1 aromatic carbocycles. The summed E-state index contributed by atoms with van der Waals surface area (Å²) in [5.41, 5.74) is 7.59. The summed E-state index contributed by atoms with van der Waals surface area (Å²) >= 11 is 6.07. The van der Waals surface area contributed by atoms with Gasteiger partial charge < -0.3 is 5.32 Å². The number of halogens is 1. The minimum absolute atomic E-state index is 0.143. The van der Waals surface area contributed by atoms with Crippen molar-refractivity contribution in [3.05, 3.63) is 52.6 Å². The fourth-order valence-electron chi connectivity index (χ4n) is 2.57. The molecule has 1 unspecified atom stereocenters. The van der Waals surface area contributed by atoms with Crippen LogP contribution >= 0.6 is 11.6 Å². The van der Waals surface area contributed by atoms with E-state index >= 15 is 0 Å². The Kier molecular flexibility index (Phi) is 6.21. The molecule has 1 aliphatic carbocycles. The molecule has 0 aliphatic heterocycles. The molecule has 0 radical (unpaired) electrons. The summed E-state index contributed by atoms with van der Waals surface area (Å²) in [5.74, 6) is 0.212. The highest BCUT2D eigenvalue weighted by atomic mass is 35.5. The first-order valence-electron chi connectivity index (χ1n) is 8.05. The number of hydrogen-bond donors (Lipinski definition) is 2. The van der Waals surface area contributed by atoms with Gasteiger partial charge in [-0.1, -0.05) is 35.9 Å². The topological polar surface area (TPSA) is 53.5 Å². The number of hydrogen-bond acceptors (Lipinski definition) is 3. The van der Waals surface area contributed by atoms with E-state index in [1.165, 1.54) is 0 Å². The fourth-order valence-corrected chi connectivity index (χ4v) is 2.74. The molecule has 0 heterocycles. The van der Waals surface area contributed by atoms with E-state index in [1.54, 1.807) is 0 Å². The summed E-state index contributed by atoms with van der Waals surface area (Å²) in [6.07, 6.45) is 3.96. The SMILES string of the molecule is C=C(C)C1CC=C(C)/C(=N\NC(=O)CNc2cccc(Cl)c2C)C1. The molecule has 2 rings (SSSR count). The van der Waals surface area contributed by atoms with Gasteiger partial charge in [-0.25, -0.2) is 5.43 Å². The quantitative estimate of drug-likeness (QED) is 0.611. The van der Waals surface area contributed by atoms with Crippen molar-refractivity contribution in [3.63, 3.8) is 0 Å². The van der Waals surface area contributed by atoms with Crippen molar-refractivity contribution in [2.75, 3.05) is 11.9 Å². The molecule has 0 aromatic heterocycles. The highest BCUT2D eigenvalue weighted by molar-refractivity contribution is 6.31. The van der Waals surface area contributed by atoms with Gasteiger partial charge in [-0.2, -0.15) is 5.10 Å². The van der Waals surface area contributed by atoms with Crippen molar-refractivity contribution < 1.29 is 4.79 Å². The number of nitrogens with one attached hydrogen (secondary N) is 2. The molecule has 1 aromatic rings.